The van der Waals surface area contributed by atoms with Crippen LogP contribution in [0, 0.1) is 0 Å². The molecule has 0 saturated carbocycles. The quantitative estimate of drug-likeness (QED) is 0.499. The number of hydrogen-bond acceptors (Lipinski definition) is 4. The van der Waals surface area contributed by atoms with Gasteiger partial charge < -0.3 is 25.6 Å². The van der Waals surface area contributed by atoms with E-state index in [4.69, 9.17) is 4.74 Å². The van der Waals surface area contributed by atoms with Crippen LogP contribution in [-0.4, -0.2) is 29.5 Å². The van der Waals surface area contributed by atoms with E-state index in [2.05, 4.69) is 16.7 Å². The van der Waals surface area contributed by atoms with Crippen LogP contribution in [0.4, 0.5) is 10.5 Å². The molecule has 0 aromatic heterocycles. The molecule has 0 radical (unpaired) electrons. The standard InChI is InChI=1S/C25H26N2O4/c1-31-24-12-10-19(13-23(24)29)17-7-5-16(6-8-17)15-26-25(30)27-22-4-2-3-18-9-11-20(28)14-21(18)22/h2-8,10,12-13,20,28-29H,9,11,14-15H2,1H3,(H2,26,27,30). The third-order valence-corrected chi connectivity index (χ3v) is 5.63. The van der Waals surface area contributed by atoms with E-state index in [-0.39, 0.29) is 17.9 Å². The van der Waals surface area contributed by atoms with Crippen LogP contribution in [0.1, 0.15) is 23.1 Å². The Labute approximate surface area is 181 Å². The number of nitrogens with one attached hydrogen (secondary N) is 2. The second kappa shape index (κ2) is 9.10. The summed E-state index contributed by atoms with van der Waals surface area (Å²) in [5.74, 6) is 0.530. The van der Waals surface area contributed by atoms with Crippen molar-refractivity contribution >= 4 is 11.7 Å². The van der Waals surface area contributed by atoms with Crippen molar-refractivity contribution < 1.29 is 19.7 Å². The molecule has 1 aliphatic carbocycles. The minimum Gasteiger partial charge on any atom is -0.504 e. The number of anilines is 1. The Morgan fingerprint density at radius 3 is 2.61 bits per heavy atom. The highest BCUT2D eigenvalue weighted by Crippen LogP contribution is 2.31. The molecule has 4 N–H and O–H groups in total. The van der Waals surface area contributed by atoms with Gasteiger partial charge in [-0.05, 0) is 58.9 Å². The zero-order valence-electron chi connectivity index (χ0n) is 17.4. The summed E-state index contributed by atoms with van der Waals surface area (Å²) >= 11 is 0. The number of benzene rings is 3. The van der Waals surface area contributed by atoms with Crippen molar-refractivity contribution in [1.82, 2.24) is 5.32 Å². The van der Waals surface area contributed by atoms with E-state index in [1.165, 1.54) is 12.7 Å². The molecule has 160 valence electrons. The maximum Gasteiger partial charge on any atom is 0.319 e. The number of ether oxygens (including phenoxy) is 1. The van der Waals surface area contributed by atoms with Crippen LogP contribution >= 0.6 is 0 Å². The summed E-state index contributed by atoms with van der Waals surface area (Å²) in [4.78, 5) is 12.4. The third-order valence-electron chi connectivity index (χ3n) is 5.63. The first-order valence-electron chi connectivity index (χ1n) is 10.3. The summed E-state index contributed by atoms with van der Waals surface area (Å²) in [5, 5.41) is 25.7. The summed E-state index contributed by atoms with van der Waals surface area (Å²) in [6.07, 6.45) is 1.79. The summed E-state index contributed by atoms with van der Waals surface area (Å²) < 4.78 is 5.08. The highest BCUT2D eigenvalue weighted by molar-refractivity contribution is 5.90. The van der Waals surface area contributed by atoms with Gasteiger partial charge in [-0.1, -0.05) is 42.5 Å². The van der Waals surface area contributed by atoms with E-state index >= 15 is 0 Å². The average molecular weight is 418 g/mol. The minimum absolute atomic E-state index is 0.0954. The fourth-order valence-corrected chi connectivity index (χ4v) is 3.92. The Morgan fingerprint density at radius 2 is 1.87 bits per heavy atom. The second-order valence-corrected chi connectivity index (χ2v) is 7.73. The van der Waals surface area contributed by atoms with Gasteiger partial charge in [0, 0.05) is 18.7 Å². The largest absolute Gasteiger partial charge is 0.504 e. The number of methoxy groups -OCH3 is 1. The Kier molecular flexibility index (Phi) is 6.09. The number of fused-ring (bicyclic) bond motifs is 1. The predicted molar refractivity (Wildman–Crippen MR) is 120 cm³/mol. The lowest BCUT2D eigenvalue weighted by molar-refractivity contribution is 0.159. The molecule has 4 rings (SSSR count). The molecule has 3 aromatic rings. The summed E-state index contributed by atoms with van der Waals surface area (Å²) in [6.45, 7) is 0.387. The number of phenolic OH excluding ortho intramolecular Hbond substituents is 1. The molecule has 1 atom stereocenters. The van der Waals surface area contributed by atoms with Gasteiger partial charge in [0.1, 0.15) is 0 Å². The molecule has 0 bridgehead atoms. The molecule has 0 spiro atoms. The van der Waals surface area contributed by atoms with Crippen LogP contribution in [0.25, 0.3) is 11.1 Å². The zero-order valence-corrected chi connectivity index (χ0v) is 17.4. The van der Waals surface area contributed by atoms with Crippen molar-refractivity contribution in [3.05, 3.63) is 77.4 Å². The van der Waals surface area contributed by atoms with Crippen LogP contribution < -0.4 is 15.4 Å². The molecule has 0 heterocycles. The van der Waals surface area contributed by atoms with Gasteiger partial charge in [-0.15, -0.1) is 0 Å². The highest BCUT2D eigenvalue weighted by atomic mass is 16.5. The van der Waals surface area contributed by atoms with Crippen molar-refractivity contribution in [2.24, 2.45) is 0 Å². The Morgan fingerprint density at radius 1 is 1.10 bits per heavy atom. The highest BCUT2D eigenvalue weighted by Gasteiger charge is 2.19. The maximum atomic E-state index is 12.4. The fourth-order valence-electron chi connectivity index (χ4n) is 3.92. The first-order valence-corrected chi connectivity index (χ1v) is 10.3. The monoisotopic (exact) mass is 418 g/mol. The number of amides is 2. The summed E-state index contributed by atoms with van der Waals surface area (Å²) in [5.41, 5.74) is 5.75. The molecular weight excluding hydrogens is 392 g/mol. The first-order chi connectivity index (χ1) is 15.0. The van der Waals surface area contributed by atoms with Gasteiger partial charge in [-0.25, -0.2) is 4.79 Å². The van der Waals surface area contributed by atoms with Crippen LogP contribution in [0.5, 0.6) is 11.5 Å². The van der Waals surface area contributed by atoms with Gasteiger partial charge >= 0.3 is 6.03 Å². The number of carbonyl (C=O) groups is 1. The third kappa shape index (κ3) is 4.81. The molecule has 31 heavy (non-hydrogen) atoms. The maximum absolute atomic E-state index is 12.4. The first kappa shape index (κ1) is 20.8. The molecule has 3 aromatic carbocycles. The molecule has 0 fully saturated rings. The molecule has 1 aliphatic rings. The van der Waals surface area contributed by atoms with Gasteiger partial charge in [0.25, 0.3) is 0 Å². The zero-order chi connectivity index (χ0) is 21.8. The van der Waals surface area contributed by atoms with E-state index in [0.717, 1.165) is 40.8 Å². The molecule has 2 amide bonds. The van der Waals surface area contributed by atoms with E-state index in [0.29, 0.717) is 18.7 Å². The number of aliphatic hydroxyl groups excluding tert-OH is 1. The van der Waals surface area contributed by atoms with Crippen molar-refractivity contribution in [1.29, 1.82) is 0 Å². The Hall–Kier alpha value is -3.51. The predicted octanol–water partition coefficient (Wildman–Crippen LogP) is 4.24. The minimum atomic E-state index is -0.357. The number of aryl methyl sites for hydroxylation is 1. The lowest BCUT2D eigenvalue weighted by atomic mass is 9.88. The van der Waals surface area contributed by atoms with Crippen LogP contribution in [0.2, 0.25) is 0 Å². The molecule has 1 unspecified atom stereocenters. The van der Waals surface area contributed by atoms with Crippen LogP contribution in [0.3, 0.4) is 0 Å². The van der Waals surface area contributed by atoms with Gasteiger partial charge in [-0.2, -0.15) is 0 Å². The van der Waals surface area contributed by atoms with Crippen LogP contribution in [-0.2, 0) is 19.4 Å². The second-order valence-electron chi connectivity index (χ2n) is 7.73. The van der Waals surface area contributed by atoms with Crippen LogP contribution in [0.15, 0.2) is 60.7 Å². The van der Waals surface area contributed by atoms with Gasteiger partial charge in [0.15, 0.2) is 11.5 Å². The Bertz CT molecular complexity index is 1080. The van der Waals surface area contributed by atoms with Gasteiger partial charge in [0.2, 0.25) is 0 Å². The molecule has 0 saturated heterocycles. The number of aromatic hydroxyl groups is 1. The molecule has 6 nitrogen and oxygen atoms in total. The van der Waals surface area contributed by atoms with E-state index < -0.39 is 0 Å². The number of carbonyl (C=O) groups excluding carboxylic acids is 1. The van der Waals surface area contributed by atoms with Crippen molar-refractivity contribution in [2.45, 2.75) is 31.9 Å². The fraction of sp³-hybridized carbons (Fsp3) is 0.240. The summed E-state index contributed by atoms with van der Waals surface area (Å²) in [7, 11) is 1.52. The number of rotatable bonds is 5. The number of aliphatic hydroxyl groups is 1. The molecule has 6 heteroatoms. The average Bonchev–Trinajstić information content (AvgIpc) is 2.78. The van der Waals surface area contributed by atoms with E-state index in [1.54, 1.807) is 12.1 Å². The number of phenols is 1. The Balaban J connectivity index is 1.37. The van der Waals surface area contributed by atoms with Crippen molar-refractivity contribution in [2.75, 3.05) is 12.4 Å². The number of hydrogen-bond donors (Lipinski definition) is 4. The molecular formula is C25H26N2O4. The summed E-state index contributed by atoms with van der Waals surface area (Å²) in [6, 6.07) is 18.6. The SMILES string of the molecule is COc1ccc(-c2ccc(CNC(=O)Nc3cccc4c3CC(O)CC4)cc2)cc1O. The molecule has 0 aliphatic heterocycles. The topological polar surface area (TPSA) is 90.8 Å². The van der Waals surface area contributed by atoms with E-state index in [9.17, 15) is 15.0 Å². The smallest absolute Gasteiger partial charge is 0.319 e. The van der Waals surface area contributed by atoms with Gasteiger partial charge in [-0.3, -0.25) is 0 Å². The van der Waals surface area contributed by atoms with Crippen molar-refractivity contribution in [3.8, 4) is 22.6 Å². The number of urea groups is 1. The van der Waals surface area contributed by atoms with Gasteiger partial charge in [0.05, 0.1) is 13.2 Å². The lowest BCUT2D eigenvalue weighted by Crippen LogP contribution is -2.29. The normalized spacial score (nSPS) is 15.1. The van der Waals surface area contributed by atoms with E-state index in [1.807, 2.05) is 42.5 Å². The van der Waals surface area contributed by atoms with Crippen molar-refractivity contribution in [3.63, 3.8) is 0 Å². The lowest BCUT2D eigenvalue weighted by Gasteiger charge is -2.23.